The van der Waals surface area contributed by atoms with Gasteiger partial charge in [-0.1, -0.05) is 18.2 Å². The molecule has 0 atom stereocenters. The number of carbonyl (C=O) groups excluding carboxylic acids is 1. The van der Waals surface area contributed by atoms with Crippen LogP contribution in [0.15, 0.2) is 66.5 Å². The second-order valence-corrected chi connectivity index (χ2v) is 9.16. The van der Waals surface area contributed by atoms with Gasteiger partial charge in [0.1, 0.15) is 5.82 Å². The van der Waals surface area contributed by atoms with Gasteiger partial charge in [-0.15, -0.1) is 0 Å². The van der Waals surface area contributed by atoms with E-state index in [9.17, 15) is 9.18 Å². The molecule has 2 heterocycles. The van der Waals surface area contributed by atoms with E-state index in [0.29, 0.717) is 12.1 Å². The Bertz CT molecular complexity index is 1390. The van der Waals surface area contributed by atoms with E-state index in [1.54, 1.807) is 23.9 Å². The quantitative estimate of drug-likeness (QED) is 0.338. The monoisotopic (exact) mass is 498 g/mol. The van der Waals surface area contributed by atoms with Crippen LogP contribution in [0, 0.1) is 28.5 Å². The van der Waals surface area contributed by atoms with Crippen molar-refractivity contribution in [1.82, 2.24) is 14.8 Å². The van der Waals surface area contributed by atoms with E-state index in [0.717, 1.165) is 53.8 Å². The number of hydrogen-bond acceptors (Lipinski definition) is 5. The zero-order valence-electron chi connectivity index (χ0n) is 21.1. The standard InChI is InChI=1S/C29H31FN6O/c1-33-29(37)36-16-12-23-18-26(7-8-28(23)36)34(2)25(9-13-31)6-4-21-3-5-24(27(30)17-21)20-35-14-10-22(19-32)11-15-35/h3-9,12-13,16-18,22,31H,10-11,14-15,20H2,1-2H3,(H,33,37)/b6-4+,25-9+,31-13?. The Labute approximate surface area is 216 Å². The molecule has 1 aromatic heterocycles. The molecule has 1 aliphatic heterocycles. The maximum Gasteiger partial charge on any atom is 0.325 e. The van der Waals surface area contributed by atoms with Gasteiger partial charge in [-0.2, -0.15) is 5.26 Å². The van der Waals surface area contributed by atoms with Crippen molar-refractivity contribution < 1.29 is 9.18 Å². The van der Waals surface area contributed by atoms with Crippen LogP contribution in [0.25, 0.3) is 17.0 Å². The lowest BCUT2D eigenvalue weighted by Gasteiger charge is -2.29. The fourth-order valence-corrected chi connectivity index (χ4v) is 4.59. The van der Waals surface area contributed by atoms with Gasteiger partial charge in [0.2, 0.25) is 0 Å². The molecule has 3 aromatic rings. The first kappa shape index (κ1) is 25.9. The van der Waals surface area contributed by atoms with Gasteiger partial charge in [-0.3, -0.25) is 9.47 Å². The number of allylic oxidation sites excluding steroid dienone is 2. The first-order valence-corrected chi connectivity index (χ1v) is 12.3. The van der Waals surface area contributed by atoms with Crippen LogP contribution in [0.2, 0.25) is 0 Å². The molecule has 1 amide bonds. The zero-order chi connectivity index (χ0) is 26.4. The van der Waals surface area contributed by atoms with E-state index in [-0.39, 0.29) is 17.8 Å². The molecule has 8 heteroatoms. The summed E-state index contributed by atoms with van der Waals surface area (Å²) in [5.41, 5.74) is 3.82. The Balaban J connectivity index is 1.47. The summed E-state index contributed by atoms with van der Waals surface area (Å²) in [6.07, 6.45) is 9.97. The number of amides is 1. The Morgan fingerprint density at radius 2 is 2.03 bits per heavy atom. The van der Waals surface area contributed by atoms with Crippen LogP contribution in [0.4, 0.5) is 14.9 Å². The van der Waals surface area contributed by atoms with Crippen LogP contribution in [-0.4, -0.2) is 48.9 Å². The van der Waals surface area contributed by atoms with E-state index >= 15 is 0 Å². The van der Waals surface area contributed by atoms with Crippen molar-refractivity contribution in [3.63, 3.8) is 0 Å². The van der Waals surface area contributed by atoms with Crippen molar-refractivity contribution in [2.45, 2.75) is 19.4 Å². The molecule has 1 fully saturated rings. The lowest BCUT2D eigenvalue weighted by molar-refractivity contribution is 0.196. The summed E-state index contributed by atoms with van der Waals surface area (Å²) in [7, 11) is 3.49. The number of carbonyl (C=O) groups is 1. The molecule has 2 aromatic carbocycles. The number of piperidine rings is 1. The fraction of sp³-hybridized carbons (Fsp3) is 0.276. The Hall–Kier alpha value is -4.22. The van der Waals surface area contributed by atoms with Crippen molar-refractivity contribution in [2.75, 3.05) is 32.1 Å². The third-order valence-electron chi connectivity index (χ3n) is 6.82. The minimum atomic E-state index is -0.249. The highest BCUT2D eigenvalue weighted by Gasteiger charge is 2.19. The smallest absolute Gasteiger partial charge is 0.325 e. The molecule has 0 unspecified atom stereocenters. The highest BCUT2D eigenvalue weighted by Crippen LogP contribution is 2.26. The molecular formula is C29H31FN6O. The molecule has 1 aliphatic rings. The minimum Gasteiger partial charge on any atom is -0.345 e. The van der Waals surface area contributed by atoms with Crippen molar-refractivity contribution in [3.05, 3.63) is 83.5 Å². The number of fused-ring (bicyclic) bond motifs is 1. The van der Waals surface area contributed by atoms with E-state index in [1.807, 2.05) is 60.5 Å². The second-order valence-electron chi connectivity index (χ2n) is 9.16. The molecule has 0 saturated carbocycles. The van der Waals surface area contributed by atoms with Gasteiger partial charge >= 0.3 is 6.03 Å². The van der Waals surface area contributed by atoms with Gasteiger partial charge in [0, 0.05) is 61.3 Å². The van der Waals surface area contributed by atoms with Crippen LogP contribution in [-0.2, 0) is 6.54 Å². The molecule has 0 aliphatic carbocycles. The Morgan fingerprint density at radius 1 is 1.24 bits per heavy atom. The number of likely N-dealkylation sites (tertiary alicyclic amines) is 1. The first-order valence-electron chi connectivity index (χ1n) is 12.3. The number of nitrogens with zero attached hydrogens (tertiary/aromatic N) is 4. The molecule has 1 saturated heterocycles. The molecule has 190 valence electrons. The maximum atomic E-state index is 14.9. The highest BCUT2D eigenvalue weighted by atomic mass is 19.1. The van der Waals surface area contributed by atoms with Crippen LogP contribution < -0.4 is 10.2 Å². The zero-order valence-corrected chi connectivity index (χ0v) is 21.1. The molecular weight excluding hydrogens is 467 g/mol. The summed E-state index contributed by atoms with van der Waals surface area (Å²) in [5.74, 6) is -0.137. The van der Waals surface area contributed by atoms with Crippen LogP contribution in [0.5, 0.6) is 0 Å². The molecule has 0 bridgehead atoms. The topological polar surface area (TPSA) is 88.2 Å². The van der Waals surface area contributed by atoms with E-state index < -0.39 is 0 Å². The number of halogens is 1. The molecule has 2 N–H and O–H groups in total. The molecule has 0 radical (unpaired) electrons. The van der Waals surface area contributed by atoms with E-state index in [4.69, 9.17) is 10.7 Å². The highest BCUT2D eigenvalue weighted by molar-refractivity contribution is 5.93. The predicted molar refractivity (Wildman–Crippen MR) is 146 cm³/mol. The number of likely N-dealkylation sites (N-methyl/N-ethyl adjacent to an activating group) is 1. The summed E-state index contributed by atoms with van der Waals surface area (Å²) in [4.78, 5) is 16.2. The Morgan fingerprint density at radius 3 is 2.70 bits per heavy atom. The normalized spacial score (nSPS) is 15.1. The van der Waals surface area contributed by atoms with Crippen molar-refractivity contribution >= 4 is 34.9 Å². The van der Waals surface area contributed by atoms with Crippen LogP contribution >= 0.6 is 0 Å². The maximum absolute atomic E-state index is 14.9. The average Bonchev–Trinajstić information content (AvgIpc) is 3.35. The van der Waals surface area contributed by atoms with Gasteiger partial charge in [0.05, 0.1) is 11.6 Å². The van der Waals surface area contributed by atoms with Crippen molar-refractivity contribution in [3.8, 4) is 6.07 Å². The van der Waals surface area contributed by atoms with Crippen molar-refractivity contribution in [1.29, 1.82) is 10.7 Å². The second kappa shape index (κ2) is 11.7. The SMILES string of the molecule is CNC(=O)n1ccc2cc(N(C)C(/C=C/c3ccc(CN4CCC(C#N)CC4)c(F)c3)=C/C=N)ccc21. The van der Waals surface area contributed by atoms with E-state index in [2.05, 4.69) is 16.3 Å². The number of anilines is 1. The minimum absolute atomic E-state index is 0.112. The van der Waals surface area contributed by atoms with Gasteiger partial charge in [-0.25, -0.2) is 9.18 Å². The fourth-order valence-electron chi connectivity index (χ4n) is 4.59. The number of benzene rings is 2. The predicted octanol–water partition coefficient (Wildman–Crippen LogP) is 5.39. The van der Waals surface area contributed by atoms with Gasteiger partial charge < -0.3 is 15.6 Å². The summed E-state index contributed by atoms with van der Waals surface area (Å²) in [6.45, 7) is 2.16. The van der Waals surface area contributed by atoms with Gasteiger partial charge in [0.25, 0.3) is 0 Å². The van der Waals surface area contributed by atoms with Gasteiger partial charge in [0.15, 0.2) is 0 Å². The largest absolute Gasteiger partial charge is 0.345 e. The van der Waals surface area contributed by atoms with Crippen LogP contribution in [0.3, 0.4) is 0 Å². The lowest BCUT2D eigenvalue weighted by atomic mass is 9.98. The summed E-state index contributed by atoms with van der Waals surface area (Å²) in [5, 5.41) is 20.2. The average molecular weight is 499 g/mol. The first-order chi connectivity index (χ1) is 17.9. The summed E-state index contributed by atoms with van der Waals surface area (Å²) in [6, 6.07) is 15.0. The molecule has 7 nitrogen and oxygen atoms in total. The summed E-state index contributed by atoms with van der Waals surface area (Å²) >= 11 is 0. The number of aromatic nitrogens is 1. The van der Waals surface area contributed by atoms with Gasteiger partial charge in [-0.05, 0) is 74.0 Å². The molecule has 37 heavy (non-hydrogen) atoms. The number of nitriles is 1. The number of rotatable bonds is 7. The molecule has 0 spiro atoms. The van der Waals surface area contributed by atoms with Crippen molar-refractivity contribution in [2.24, 2.45) is 5.92 Å². The van der Waals surface area contributed by atoms with E-state index in [1.165, 1.54) is 12.3 Å². The van der Waals surface area contributed by atoms with Crippen LogP contribution in [0.1, 0.15) is 24.0 Å². The summed E-state index contributed by atoms with van der Waals surface area (Å²) < 4.78 is 16.4. The third kappa shape index (κ3) is 5.96. The Kier molecular flexibility index (Phi) is 8.16. The number of nitrogens with one attached hydrogen (secondary N) is 2. The third-order valence-corrected chi connectivity index (χ3v) is 6.82. The lowest BCUT2D eigenvalue weighted by Crippen LogP contribution is -2.33. The molecule has 4 rings (SSSR count). The number of hydrogen-bond donors (Lipinski definition) is 2.